The second-order valence-electron chi connectivity index (χ2n) is 5.46. The average molecular weight is 247 g/mol. The molecule has 0 bridgehead atoms. The molecule has 2 atom stereocenters. The first-order valence-corrected chi connectivity index (χ1v) is 7.18. The van der Waals surface area contributed by atoms with Crippen molar-refractivity contribution in [2.75, 3.05) is 6.61 Å². The van der Waals surface area contributed by atoms with Crippen molar-refractivity contribution in [3.8, 4) is 0 Å². The molecule has 0 saturated heterocycles. The van der Waals surface area contributed by atoms with Crippen LogP contribution < -0.4 is 5.32 Å². The van der Waals surface area contributed by atoms with Gasteiger partial charge in [-0.05, 0) is 49.7 Å². The van der Waals surface area contributed by atoms with Crippen molar-refractivity contribution in [3.05, 3.63) is 35.4 Å². The van der Waals surface area contributed by atoms with Gasteiger partial charge in [0.05, 0.1) is 0 Å². The zero-order valence-corrected chi connectivity index (χ0v) is 11.5. The Morgan fingerprint density at radius 2 is 2.06 bits per heavy atom. The molecular formula is C16H25NO. The normalized spacial score (nSPS) is 18.6. The first-order chi connectivity index (χ1) is 8.76. The molecule has 2 unspecified atom stereocenters. The molecule has 2 N–H and O–H groups in total. The van der Waals surface area contributed by atoms with Gasteiger partial charge in [0, 0.05) is 18.7 Å². The summed E-state index contributed by atoms with van der Waals surface area (Å²) in [5, 5.41) is 12.9. The molecule has 0 amide bonds. The topological polar surface area (TPSA) is 32.3 Å². The van der Waals surface area contributed by atoms with Gasteiger partial charge < -0.3 is 10.4 Å². The molecule has 18 heavy (non-hydrogen) atoms. The summed E-state index contributed by atoms with van der Waals surface area (Å²) in [6.07, 6.45) is 4.60. The third kappa shape index (κ3) is 3.33. The first kappa shape index (κ1) is 13.6. The van der Waals surface area contributed by atoms with Crippen molar-refractivity contribution in [1.29, 1.82) is 0 Å². The molecule has 1 saturated carbocycles. The SMILES string of the molecule is CCC(CCO)NC(c1ccccc1C)C1CC1. The Balaban J connectivity index is 2.11. The number of aryl methyl sites for hydroxylation is 1. The van der Waals surface area contributed by atoms with Crippen LogP contribution in [0, 0.1) is 12.8 Å². The number of rotatable bonds is 7. The first-order valence-electron chi connectivity index (χ1n) is 7.18. The van der Waals surface area contributed by atoms with Gasteiger partial charge in [-0.15, -0.1) is 0 Å². The molecule has 0 radical (unpaired) electrons. The Morgan fingerprint density at radius 3 is 2.61 bits per heavy atom. The van der Waals surface area contributed by atoms with Gasteiger partial charge in [0.15, 0.2) is 0 Å². The van der Waals surface area contributed by atoms with Gasteiger partial charge in [-0.3, -0.25) is 0 Å². The monoisotopic (exact) mass is 247 g/mol. The van der Waals surface area contributed by atoms with Crippen molar-refractivity contribution < 1.29 is 5.11 Å². The number of hydrogen-bond donors (Lipinski definition) is 2. The van der Waals surface area contributed by atoms with Gasteiger partial charge in [0.2, 0.25) is 0 Å². The zero-order chi connectivity index (χ0) is 13.0. The number of hydrogen-bond acceptors (Lipinski definition) is 2. The van der Waals surface area contributed by atoms with E-state index < -0.39 is 0 Å². The molecule has 100 valence electrons. The van der Waals surface area contributed by atoms with Crippen LogP contribution in [0.25, 0.3) is 0 Å². The average Bonchev–Trinajstić information content (AvgIpc) is 3.20. The molecule has 2 rings (SSSR count). The maximum atomic E-state index is 9.12. The summed E-state index contributed by atoms with van der Waals surface area (Å²) in [5.74, 6) is 0.791. The van der Waals surface area contributed by atoms with Crippen molar-refractivity contribution in [1.82, 2.24) is 5.32 Å². The van der Waals surface area contributed by atoms with Crippen molar-refractivity contribution in [2.24, 2.45) is 5.92 Å². The second-order valence-corrected chi connectivity index (χ2v) is 5.46. The lowest BCUT2D eigenvalue weighted by Gasteiger charge is -2.26. The summed E-state index contributed by atoms with van der Waals surface area (Å²) in [6.45, 7) is 4.66. The minimum Gasteiger partial charge on any atom is -0.396 e. The van der Waals surface area contributed by atoms with E-state index in [-0.39, 0.29) is 6.61 Å². The van der Waals surface area contributed by atoms with E-state index in [0.717, 1.165) is 18.8 Å². The van der Waals surface area contributed by atoms with Crippen LogP contribution in [0.1, 0.15) is 49.8 Å². The molecule has 1 fully saturated rings. The molecule has 0 aliphatic heterocycles. The lowest BCUT2D eigenvalue weighted by Crippen LogP contribution is -2.34. The van der Waals surface area contributed by atoms with Gasteiger partial charge >= 0.3 is 0 Å². The fourth-order valence-corrected chi connectivity index (χ4v) is 2.66. The van der Waals surface area contributed by atoms with Crippen LogP contribution in [-0.2, 0) is 0 Å². The molecule has 1 aromatic rings. The molecule has 0 heterocycles. The predicted molar refractivity (Wildman–Crippen MR) is 75.6 cm³/mol. The van der Waals surface area contributed by atoms with E-state index in [1.807, 2.05) is 0 Å². The number of nitrogens with one attached hydrogen (secondary N) is 1. The highest BCUT2D eigenvalue weighted by atomic mass is 16.3. The number of aliphatic hydroxyl groups excluding tert-OH is 1. The molecule has 2 heteroatoms. The van der Waals surface area contributed by atoms with E-state index in [0.29, 0.717) is 12.1 Å². The maximum absolute atomic E-state index is 9.12. The largest absolute Gasteiger partial charge is 0.396 e. The van der Waals surface area contributed by atoms with E-state index in [1.54, 1.807) is 0 Å². The molecule has 0 spiro atoms. The minimum absolute atomic E-state index is 0.274. The fraction of sp³-hybridized carbons (Fsp3) is 0.625. The summed E-state index contributed by atoms with van der Waals surface area (Å²) >= 11 is 0. The van der Waals surface area contributed by atoms with Crippen LogP contribution in [0.3, 0.4) is 0 Å². The van der Waals surface area contributed by atoms with Gasteiger partial charge in [-0.25, -0.2) is 0 Å². The van der Waals surface area contributed by atoms with Crippen molar-refractivity contribution >= 4 is 0 Å². The summed E-state index contributed by atoms with van der Waals surface area (Å²) in [6, 6.07) is 9.58. The smallest absolute Gasteiger partial charge is 0.0445 e. The number of aliphatic hydroxyl groups is 1. The molecule has 1 aliphatic rings. The van der Waals surface area contributed by atoms with E-state index in [2.05, 4.69) is 43.4 Å². The molecular weight excluding hydrogens is 222 g/mol. The third-order valence-electron chi connectivity index (χ3n) is 4.00. The van der Waals surface area contributed by atoms with E-state index >= 15 is 0 Å². The van der Waals surface area contributed by atoms with Crippen LogP contribution >= 0.6 is 0 Å². The molecule has 1 aromatic carbocycles. The van der Waals surface area contributed by atoms with Crippen LogP contribution in [0.4, 0.5) is 0 Å². The Bertz CT molecular complexity index is 373. The summed E-state index contributed by atoms with van der Waals surface area (Å²) in [4.78, 5) is 0. The van der Waals surface area contributed by atoms with Crippen molar-refractivity contribution in [2.45, 2.75) is 51.6 Å². The Morgan fingerprint density at radius 1 is 1.33 bits per heavy atom. The molecule has 1 aliphatic carbocycles. The fourth-order valence-electron chi connectivity index (χ4n) is 2.66. The highest BCUT2D eigenvalue weighted by Crippen LogP contribution is 2.42. The minimum atomic E-state index is 0.274. The zero-order valence-electron chi connectivity index (χ0n) is 11.5. The molecule has 2 nitrogen and oxygen atoms in total. The van der Waals surface area contributed by atoms with Crippen LogP contribution in [0.5, 0.6) is 0 Å². The number of benzene rings is 1. The van der Waals surface area contributed by atoms with Gasteiger partial charge in [0.25, 0.3) is 0 Å². The van der Waals surface area contributed by atoms with Gasteiger partial charge in [-0.2, -0.15) is 0 Å². The summed E-state index contributed by atoms with van der Waals surface area (Å²) in [5.41, 5.74) is 2.82. The van der Waals surface area contributed by atoms with E-state index in [4.69, 9.17) is 5.11 Å². The maximum Gasteiger partial charge on any atom is 0.0445 e. The van der Waals surface area contributed by atoms with Crippen LogP contribution in [0.15, 0.2) is 24.3 Å². The van der Waals surface area contributed by atoms with Crippen molar-refractivity contribution in [3.63, 3.8) is 0 Å². The highest BCUT2D eigenvalue weighted by molar-refractivity contribution is 5.30. The third-order valence-corrected chi connectivity index (χ3v) is 4.00. The lowest BCUT2D eigenvalue weighted by atomic mass is 9.96. The lowest BCUT2D eigenvalue weighted by molar-refractivity contribution is 0.252. The van der Waals surface area contributed by atoms with E-state index in [1.165, 1.54) is 24.0 Å². The summed E-state index contributed by atoms with van der Waals surface area (Å²) < 4.78 is 0. The predicted octanol–water partition coefficient (Wildman–Crippen LogP) is 3.20. The van der Waals surface area contributed by atoms with Gasteiger partial charge in [-0.1, -0.05) is 31.2 Å². The second kappa shape index (κ2) is 6.35. The van der Waals surface area contributed by atoms with Crippen LogP contribution in [-0.4, -0.2) is 17.8 Å². The Labute approximate surface area is 110 Å². The Kier molecular flexibility index (Phi) is 4.79. The standard InChI is InChI=1S/C16H25NO/c1-3-14(10-11-18)17-16(13-8-9-13)15-7-5-4-6-12(15)2/h4-7,13-14,16-18H,3,8-11H2,1-2H3. The molecule has 0 aromatic heterocycles. The quantitative estimate of drug-likeness (QED) is 0.775. The van der Waals surface area contributed by atoms with E-state index in [9.17, 15) is 0 Å². The highest BCUT2D eigenvalue weighted by Gasteiger charge is 2.33. The Hall–Kier alpha value is -0.860. The van der Waals surface area contributed by atoms with Gasteiger partial charge in [0.1, 0.15) is 0 Å². The summed E-state index contributed by atoms with van der Waals surface area (Å²) in [7, 11) is 0. The van der Waals surface area contributed by atoms with Crippen LogP contribution in [0.2, 0.25) is 0 Å².